The fourth-order valence-electron chi connectivity index (χ4n) is 1.95. The molecule has 0 spiro atoms. The Kier molecular flexibility index (Phi) is 4.17. The number of nitrogens with one attached hydrogen (secondary N) is 2. The zero-order chi connectivity index (χ0) is 15.7. The highest BCUT2D eigenvalue weighted by Crippen LogP contribution is 2.40. The van der Waals surface area contributed by atoms with Crippen LogP contribution < -0.4 is 16.6 Å². The Morgan fingerprint density at radius 2 is 1.95 bits per heavy atom. The lowest BCUT2D eigenvalue weighted by molar-refractivity contribution is 0.102. The molecule has 1 amide bonds. The normalized spacial score (nSPS) is 10.7. The molecule has 22 heavy (non-hydrogen) atoms. The monoisotopic (exact) mass is 352 g/mol. The molecule has 1 heterocycles. The fraction of sp³-hybridized carbons (Fsp3) is 0. The van der Waals surface area contributed by atoms with Crippen LogP contribution in [0.15, 0.2) is 36.4 Å². The molecule has 0 fully saturated rings. The zero-order valence-corrected chi connectivity index (χ0v) is 13.4. The summed E-state index contributed by atoms with van der Waals surface area (Å²) < 4.78 is 0.658. The number of hydrazine groups is 1. The highest BCUT2D eigenvalue weighted by atomic mass is 35.5. The molecule has 0 bridgehead atoms. The van der Waals surface area contributed by atoms with Gasteiger partial charge in [0, 0.05) is 5.56 Å². The van der Waals surface area contributed by atoms with Gasteiger partial charge in [0.25, 0.3) is 5.91 Å². The number of carbonyl (C=O) groups is 1. The maximum absolute atomic E-state index is 12.2. The van der Waals surface area contributed by atoms with Gasteiger partial charge in [0.1, 0.15) is 5.52 Å². The number of rotatable bonds is 3. The Bertz CT molecular complexity index is 851. The van der Waals surface area contributed by atoms with E-state index in [0.717, 1.165) is 0 Å². The largest absolute Gasteiger partial charge is 0.321 e. The van der Waals surface area contributed by atoms with Gasteiger partial charge in [0.15, 0.2) is 5.13 Å². The number of anilines is 2. The first-order chi connectivity index (χ1) is 10.6. The van der Waals surface area contributed by atoms with Crippen LogP contribution in [0.2, 0.25) is 10.0 Å². The maximum atomic E-state index is 12.2. The molecule has 0 aliphatic heterocycles. The van der Waals surface area contributed by atoms with Gasteiger partial charge in [-0.25, -0.2) is 10.8 Å². The molecular weight excluding hydrogens is 343 g/mol. The molecule has 0 saturated heterocycles. The lowest BCUT2D eigenvalue weighted by atomic mass is 10.2. The Morgan fingerprint density at radius 3 is 2.64 bits per heavy atom. The van der Waals surface area contributed by atoms with Crippen molar-refractivity contribution in [2.24, 2.45) is 5.84 Å². The third-order valence-electron chi connectivity index (χ3n) is 2.97. The third-order valence-corrected chi connectivity index (χ3v) is 4.76. The maximum Gasteiger partial charge on any atom is 0.255 e. The molecule has 0 atom stereocenters. The van der Waals surface area contributed by atoms with Crippen LogP contribution in [0, 0.1) is 0 Å². The first-order valence-electron chi connectivity index (χ1n) is 6.21. The van der Waals surface area contributed by atoms with Gasteiger partial charge in [-0.05, 0) is 18.2 Å². The summed E-state index contributed by atoms with van der Waals surface area (Å²) in [5.74, 6) is 5.09. The summed E-state index contributed by atoms with van der Waals surface area (Å²) in [7, 11) is 0. The number of nitrogens with zero attached hydrogens (tertiary/aromatic N) is 1. The average Bonchev–Trinajstić information content (AvgIpc) is 2.98. The van der Waals surface area contributed by atoms with Gasteiger partial charge in [-0.3, -0.25) is 10.2 Å². The van der Waals surface area contributed by atoms with Gasteiger partial charge in [-0.1, -0.05) is 52.7 Å². The van der Waals surface area contributed by atoms with Crippen molar-refractivity contribution in [3.8, 4) is 0 Å². The van der Waals surface area contributed by atoms with Crippen LogP contribution in [0.4, 0.5) is 10.8 Å². The SMILES string of the molecule is NNc1nc2c(Cl)cc(NC(=O)c3ccccc3)c(Cl)c2s1. The standard InChI is InChI=1S/C14H10Cl2N4OS/c15-8-6-9(18-13(21)7-4-2-1-3-5-7)10(16)12-11(8)19-14(20-17)22-12/h1-6H,17H2,(H,18,21)(H,19,20). The van der Waals surface area contributed by atoms with E-state index in [1.54, 1.807) is 30.3 Å². The lowest BCUT2D eigenvalue weighted by Crippen LogP contribution is -2.12. The molecule has 8 heteroatoms. The molecule has 3 aromatic rings. The zero-order valence-electron chi connectivity index (χ0n) is 11.1. The summed E-state index contributed by atoms with van der Waals surface area (Å²) >= 11 is 13.8. The smallest absolute Gasteiger partial charge is 0.255 e. The second kappa shape index (κ2) is 6.10. The summed E-state index contributed by atoms with van der Waals surface area (Å²) in [6, 6.07) is 10.4. The van der Waals surface area contributed by atoms with Gasteiger partial charge < -0.3 is 5.32 Å². The minimum absolute atomic E-state index is 0.264. The van der Waals surface area contributed by atoms with E-state index in [2.05, 4.69) is 15.7 Å². The highest BCUT2D eigenvalue weighted by molar-refractivity contribution is 7.23. The summed E-state index contributed by atoms with van der Waals surface area (Å²) in [5, 5.41) is 4.02. The van der Waals surface area contributed by atoms with E-state index < -0.39 is 0 Å². The number of carbonyl (C=O) groups excluding carboxylic acids is 1. The third kappa shape index (κ3) is 2.74. The van der Waals surface area contributed by atoms with E-state index in [-0.39, 0.29) is 5.91 Å². The number of hydrogen-bond acceptors (Lipinski definition) is 5. The van der Waals surface area contributed by atoms with Crippen LogP contribution in [0.25, 0.3) is 10.2 Å². The Labute approximate surface area is 140 Å². The molecule has 0 radical (unpaired) electrons. The van der Waals surface area contributed by atoms with Crippen molar-refractivity contribution < 1.29 is 4.79 Å². The fourth-order valence-corrected chi connectivity index (χ4v) is 3.40. The minimum atomic E-state index is -0.264. The summed E-state index contributed by atoms with van der Waals surface area (Å²) in [5.41, 5.74) is 3.97. The van der Waals surface area contributed by atoms with Gasteiger partial charge in [0.05, 0.1) is 20.4 Å². The number of thiazole rings is 1. The summed E-state index contributed by atoms with van der Waals surface area (Å²) in [6.07, 6.45) is 0. The number of hydrogen-bond donors (Lipinski definition) is 3. The second-order valence-electron chi connectivity index (χ2n) is 4.38. The average molecular weight is 353 g/mol. The number of halogens is 2. The predicted octanol–water partition coefficient (Wildman–Crippen LogP) is 4.14. The second-order valence-corrected chi connectivity index (χ2v) is 6.17. The summed E-state index contributed by atoms with van der Waals surface area (Å²) in [6.45, 7) is 0. The lowest BCUT2D eigenvalue weighted by Gasteiger charge is -2.08. The van der Waals surface area contributed by atoms with Crippen molar-refractivity contribution in [2.75, 3.05) is 10.7 Å². The van der Waals surface area contributed by atoms with E-state index in [0.29, 0.717) is 36.6 Å². The van der Waals surface area contributed by atoms with Crippen molar-refractivity contribution in [2.45, 2.75) is 0 Å². The van der Waals surface area contributed by atoms with Crippen LogP contribution in [-0.4, -0.2) is 10.9 Å². The Hall–Kier alpha value is -1.86. The van der Waals surface area contributed by atoms with Gasteiger partial charge in [-0.15, -0.1) is 0 Å². The van der Waals surface area contributed by atoms with Gasteiger partial charge in [0.2, 0.25) is 0 Å². The molecule has 5 nitrogen and oxygen atoms in total. The highest BCUT2D eigenvalue weighted by Gasteiger charge is 2.16. The summed E-state index contributed by atoms with van der Waals surface area (Å²) in [4.78, 5) is 16.4. The molecule has 0 aliphatic carbocycles. The molecule has 3 rings (SSSR count). The Balaban J connectivity index is 2.01. The molecular formula is C14H10Cl2N4OS. The van der Waals surface area contributed by atoms with Gasteiger partial charge >= 0.3 is 0 Å². The number of nitrogens with two attached hydrogens (primary N) is 1. The van der Waals surface area contributed by atoms with Crippen LogP contribution in [0.5, 0.6) is 0 Å². The van der Waals surface area contributed by atoms with Crippen molar-refractivity contribution >= 4 is 61.5 Å². The van der Waals surface area contributed by atoms with Crippen LogP contribution in [0.1, 0.15) is 10.4 Å². The molecule has 2 aromatic carbocycles. The van der Waals surface area contributed by atoms with Crippen molar-refractivity contribution in [3.05, 3.63) is 52.0 Å². The topological polar surface area (TPSA) is 80.0 Å². The quantitative estimate of drug-likeness (QED) is 0.488. The molecule has 112 valence electrons. The number of aromatic nitrogens is 1. The number of fused-ring (bicyclic) bond motifs is 1. The molecule has 0 unspecified atom stereocenters. The molecule has 0 saturated carbocycles. The van der Waals surface area contributed by atoms with Gasteiger partial charge in [-0.2, -0.15) is 0 Å². The first-order valence-corrected chi connectivity index (χ1v) is 7.79. The van der Waals surface area contributed by atoms with E-state index in [1.165, 1.54) is 11.3 Å². The number of amides is 1. The van der Waals surface area contributed by atoms with E-state index in [9.17, 15) is 4.79 Å². The van der Waals surface area contributed by atoms with Crippen molar-refractivity contribution in [1.29, 1.82) is 0 Å². The van der Waals surface area contributed by atoms with Crippen LogP contribution >= 0.6 is 34.5 Å². The minimum Gasteiger partial charge on any atom is -0.321 e. The predicted molar refractivity (Wildman–Crippen MR) is 91.8 cm³/mol. The van der Waals surface area contributed by atoms with Crippen molar-refractivity contribution in [3.63, 3.8) is 0 Å². The number of benzene rings is 2. The molecule has 0 aliphatic rings. The Morgan fingerprint density at radius 1 is 1.23 bits per heavy atom. The van der Waals surface area contributed by atoms with E-state index in [1.807, 2.05) is 6.07 Å². The molecule has 1 aromatic heterocycles. The molecule has 4 N–H and O–H groups in total. The van der Waals surface area contributed by atoms with Crippen molar-refractivity contribution in [1.82, 2.24) is 4.98 Å². The first kappa shape index (κ1) is 15.1. The van der Waals surface area contributed by atoms with E-state index in [4.69, 9.17) is 29.0 Å². The number of nitrogen functional groups attached to an aromatic ring is 1. The van der Waals surface area contributed by atoms with Crippen LogP contribution in [0.3, 0.4) is 0 Å². The van der Waals surface area contributed by atoms with E-state index >= 15 is 0 Å². The van der Waals surface area contributed by atoms with Crippen LogP contribution in [-0.2, 0) is 0 Å².